The van der Waals surface area contributed by atoms with Crippen LogP contribution in [0.3, 0.4) is 0 Å². The maximum atomic E-state index is 12.1. The van der Waals surface area contributed by atoms with Gasteiger partial charge in [-0.3, -0.25) is 9.59 Å². The molecule has 0 aromatic heterocycles. The Bertz CT molecular complexity index is 566. The van der Waals surface area contributed by atoms with Crippen molar-refractivity contribution in [3.05, 3.63) is 35.5 Å². The monoisotopic (exact) mass is 276 g/mol. The molecule has 0 saturated carbocycles. The number of ketones is 1. The molecule has 1 aromatic rings. The van der Waals surface area contributed by atoms with Gasteiger partial charge in [-0.2, -0.15) is 0 Å². The molecule has 6 heteroatoms. The van der Waals surface area contributed by atoms with Crippen molar-refractivity contribution in [3.8, 4) is 11.5 Å². The highest BCUT2D eigenvalue weighted by atomic mass is 16.5. The van der Waals surface area contributed by atoms with E-state index in [1.165, 1.54) is 20.3 Å². The molecule has 1 amide bonds. The van der Waals surface area contributed by atoms with Crippen LogP contribution in [0, 0.1) is 0 Å². The molecule has 1 aliphatic heterocycles. The number of hydrogen-bond donors (Lipinski definition) is 2. The number of hydrogen-bond acceptors (Lipinski definition) is 5. The van der Waals surface area contributed by atoms with Gasteiger partial charge in [0.15, 0.2) is 17.3 Å². The fraction of sp³-hybridized carbons (Fsp3) is 0.286. The van der Waals surface area contributed by atoms with E-state index in [4.69, 9.17) is 9.47 Å². The second kappa shape index (κ2) is 6.10. The average molecular weight is 276 g/mol. The van der Waals surface area contributed by atoms with Crippen LogP contribution in [-0.2, 0) is 4.79 Å². The molecule has 106 valence electrons. The van der Waals surface area contributed by atoms with E-state index in [1.807, 2.05) is 0 Å². The van der Waals surface area contributed by atoms with Gasteiger partial charge in [0.25, 0.3) is 5.91 Å². The van der Waals surface area contributed by atoms with Crippen molar-refractivity contribution < 1.29 is 19.1 Å². The zero-order chi connectivity index (χ0) is 14.5. The largest absolute Gasteiger partial charge is 0.493 e. The van der Waals surface area contributed by atoms with Crippen molar-refractivity contribution in [2.24, 2.45) is 0 Å². The Hall–Kier alpha value is -2.50. The van der Waals surface area contributed by atoms with Gasteiger partial charge in [-0.25, -0.2) is 0 Å². The van der Waals surface area contributed by atoms with E-state index in [2.05, 4.69) is 10.6 Å². The number of rotatable bonds is 4. The van der Waals surface area contributed by atoms with Gasteiger partial charge in [0.2, 0.25) is 0 Å². The third-order valence-electron chi connectivity index (χ3n) is 2.91. The zero-order valence-electron chi connectivity index (χ0n) is 11.4. The Morgan fingerprint density at radius 3 is 2.50 bits per heavy atom. The summed E-state index contributed by atoms with van der Waals surface area (Å²) in [4.78, 5) is 23.7. The number of benzene rings is 1. The van der Waals surface area contributed by atoms with Gasteiger partial charge in [-0.1, -0.05) is 0 Å². The highest BCUT2D eigenvalue weighted by Gasteiger charge is 2.16. The van der Waals surface area contributed by atoms with Crippen molar-refractivity contribution in [1.82, 2.24) is 10.6 Å². The first-order chi connectivity index (χ1) is 9.65. The molecule has 0 bridgehead atoms. The van der Waals surface area contributed by atoms with Gasteiger partial charge >= 0.3 is 0 Å². The van der Waals surface area contributed by atoms with Crippen molar-refractivity contribution in [1.29, 1.82) is 0 Å². The summed E-state index contributed by atoms with van der Waals surface area (Å²) < 4.78 is 10.3. The molecule has 0 radical (unpaired) electrons. The number of nitrogens with one attached hydrogen (secondary N) is 2. The molecule has 1 aliphatic rings. The number of carbonyl (C=O) groups is 2. The van der Waals surface area contributed by atoms with Gasteiger partial charge in [-0.05, 0) is 18.2 Å². The normalized spacial score (nSPS) is 16.3. The lowest BCUT2D eigenvalue weighted by Crippen LogP contribution is -2.43. The minimum atomic E-state index is -0.273. The standard InChI is InChI=1S/C14H16N2O4/c1-19-12-4-3-9(7-13(12)20-2)11(17)8-10-14(18)16-6-5-15-10/h3-4,7-8,15H,5-6H2,1-2H3,(H,16,18). The molecule has 0 spiro atoms. The smallest absolute Gasteiger partial charge is 0.267 e. The van der Waals surface area contributed by atoms with E-state index < -0.39 is 0 Å². The summed E-state index contributed by atoms with van der Waals surface area (Å²) >= 11 is 0. The Morgan fingerprint density at radius 1 is 1.15 bits per heavy atom. The Labute approximate surface area is 116 Å². The molecule has 1 fully saturated rings. The highest BCUT2D eigenvalue weighted by Crippen LogP contribution is 2.27. The minimum Gasteiger partial charge on any atom is -0.493 e. The van der Waals surface area contributed by atoms with Crippen molar-refractivity contribution in [2.45, 2.75) is 0 Å². The van der Waals surface area contributed by atoms with Gasteiger partial charge < -0.3 is 20.1 Å². The molecule has 0 atom stereocenters. The second-order valence-corrected chi connectivity index (χ2v) is 4.17. The molecule has 1 heterocycles. The zero-order valence-corrected chi connectivity index (χ0v) is 11.4. The van der Waals surface area contributed by atoms with Gasteiger partial charge in [0.1, 0.15) is 5.70 Å². The highest BCUT2D eigenvalue weighted by molar-refractivity contribution is 6.09. The van der Waals surface area contributed by atoms with Gasteiger partial charge in [0.05, 0.1) is 14.2 Å². The van der Waals surface area contributed by atoms with E-state index in [9.17, 15) is 9.59 Å². The number of piperazine rings is 1. The first-order valence-corrected chi connectivity index (χ1v) is 6.16. The van der Waals surface area contributed by atoms with Crippen molar-refractivity contribution in [2.75, 3.05) is 27.3 Å². The van der Waals surface area contributed by atoms with Crippen LogP contribution in [0.4, 0.5) is 0 Å². The first kappa shape index (κ1) is 13.9. The van der Waals surface area contributed by atoms with Crippen LogP contribution < -0.4 is 20.1 Å². The molecule has 0 aliphatic carbocycles. The molecule has 1 aromatic carbocycles. The van der Waals surface area contributed by atoms with Crippen LogP contribution in [0.25, 0.3) is 0 Å². The summed E-state index contributed by atoms with van der Waals surface area (Å²) in [7, 11) is 3.03. The predicted octanol–water partition coefficient (Wildman–Crippen LogP) is 0.490. The van der Waals surface area contributed by atoms with Crippen LogP contribution in [0.15, 0.2) is 30.0 Å². The Balaban J connectivity index is 2.25. The Morgan fingerprint density at radius 2 is 1.85 bits per heavy atom. The topological polar surface area (TPSA) is 76.7 Å². The van der Waals surface area contributed by atoms with Crippen molar-refractivity contribution >= 4 is 11.7 Å². The lowest BCUT2D eigenvalue weighted by atomic mass is 10.1. The molecule has 2 rings (SSSR count). The van der Waals surface area contributed by atoms with E-state index in [0.29, 0.717) is 30.2 Å². The van der Waals surface area contributed by atoms with E-state index in [1.54, 1.807) is 18.2 Å². The van der Waals surface area contributed by atoms with Crippen LogP contribution >= 0.6 is 0 Å². The summed E-state index contributed by atoms with van der Waals surface area (Å²) in [6.07, 6.45) is 1.29. The van der Waals surface area contributed by atoms with Crippen LogP contribution in [0.1, 0.15) is 10.4 Å². The summed E-state index contributed by atoms with van der Waals surface area (Å²) in [6.45, 7) is 1.16. The molecule has 20 heavy (non-hydrogen) atoms. The van der Waals surface area contributed by atoms with E-state index >= 15 is 0 Å². The van der Waals surface area contributed by atoms with Crippen molar-refractivity contribution in [3.63, 3.8) is 0 Å². The summed E-state index contributed by atoms with van der Waals surface area (Å²) in [5.74, 6) is 0.471. The fourth-order valence-corrected chi connectivity index (χ4v) is 1.87. The van der Waals surface area contributed by atoms with E-state index in [0.717, 1.165) is 0 Å². The lowest BCUT2D eigenvalue weighted by Gasteiger charge is -2.16. The fourth-order valence-electron chi connectivity index (χ4n) is 1.87. The van der Waals surface area contributed by atoms with E-state index in [-0.39, 0.29) is 17.4 Å². The Kier molecular flexibility index (Phi) is 4.24. The third kappa shape index (κ3) is 2.90. The lowest BCUT2D eigenvalue weighted by molar-refractivity contribution is -0.118. The third-order valence-corrected chi connectivity index (χ3v) is 2.91. The quantitative estimate of drug-likeness (QED) is 0.618. The molecular weight excluding hydrogens is 260 g/mol. The maximum absolute atomic E-state index is 12.1. The van der Waals surface area contributed by atoms with Crippen LogP contribution in [-0.4, -0.2) is 39.0 Å². The first-order valence-electron chi connectivity index (χ1n) is 6.16. The molecule has 0 unspecified atom stereocenters. The summed E-state index contributed by atoms with van der Waals surface area (Å²) in [5, 5.41) is 5.56. The average Bonchev–Trinajstić information content (AvgIpc) is 2.48. The molecule has 2 N–H and O–H groups in total. The summed E-state index contributed by atoms with van der Waals surface area (Å²) in [6, 6.07) is 4.86. The SMILES string of the molecule is COc1ccc(C(=O)C=C2NCCNC2=O)cc1OC. The van der Waals surface area contributed by atoms with Gasteiger partial charge in [0, 0.05) is 24.7 Å². The predicted molar refractivity (Wildman–Crippen MR) is 73.0 cm³/mol. The number of carbonyl (C=O) groups excluding carboxylic acids is 2. The number of amides is 1. The number of methoxy groups -OCH3 is 2. The maximum Gasteiger partial charge on any atom is 0.267 e. The summed E-state index contributed by atoms with van der Waals surface area (Å²) in [5.41, 5.74) is 0.700. The second-order valence-electron chi connectivity index (χ2n) is 4.17. The van der Waals surface area contributed by atoms with Crippen LogP contribution in [0.5, 0.6) is 11.5 Å². The molecule has 6 nitrogen and oxygen atoms in total. The number of allylic oxidation sites excluding steroid dienone is 1. The minimum absolute atomic E-state index is 0.273. The van der Waals surface area contributed by atoms with Crippen LogP contribution in [0.2, 0.25) is 0 Å². The molecular formula is C14H16N2O4. The van der Waals surface area contributed by atoms with Gasteiger partial charge in [-0.15, -0.1) is 0 Å². The molecule has 1 saturated heterocycles. The number of ether oxygens (including phenoxy) is 2.